The molecule has 2 unspecified atom stereocenters. The molecule has 3 heteroatoms. The van der Waals surface area contributed by atoms with Crippen molar-refractivity contribution < 1.29 is 14.3 Å². The number of hydrogen-bond donors (Lipinski definition) is 0. The Balaban J connectivity index is 1.41. The molecular formula is C17H22O3. The molecule has 1 aliphatic carbocycles. The molecule has 1 heterocycles. The molecule has 1 spiro atoms. The third-order valence-electron chi connectivity index (χ3n) is 4.57. The molecule has 108 valence electrons. The van der Waals surface area contributed by atoms with Crippen molar-refractivity contribution in [2.24, 2.45) is 5.92 Å². The van der Waals surface area contributed by atoms with Crippen LogP contribution in [0.15, 0.2) is 30.3 Å². The van der Waals surface area contributed by atoms with E-state index in [0.717, 1.165) is 25.9 Å². The van der Waals surface area contributed by atoms with Crippen LogP contribution in [-0.4, -0.2) is 24.8 Å². The molecule has 1 aliphatic heterocycles. The van der Waals surface area contributed by atoms with Crippen LogP contribution in [0.5, 0.6) is 0 Å². The van der Waals surface area contributed by atoms with Gasteiger partial charge in [-0.2, -0.15) is 0 Å². The lowest BCUT2D eigenvalue weighted by Gasteiger charge is -2.28. The van der Waals surface area contributed by atoms with Crippen LogP contribution in [0.1, 0.15) is 37.7 Å². The van der Waals surface area contributed by atoms with Crippen LogP contribution in [-0.2, 0) is 20.7 Å². The highest BCUT2D eigenvalue weighted by atomic mass is 16.6. The number of carbonyl (C=O) groups excluding carboxylic acids is 1. The van der Waals surface area contributed by atoms with Crippen LogP contribution in [0.2, 0.25) is 0 Å². The van der Waals surface area contributed by atoms with Crippen molar-refractivity contribution in [3.05, 3.63) is 35.9 Å². The van der Waals surface area contributed by atoms with Crippen molar-refractivity contribution in [3.63, 3.8) is 0 Å². The van der Waals surface area contributed by atoms with Crippen LogP contribution in [0.3, 0.4) is 0 Å². The molecule has 1 aromatic rings. The summed E-state index contributed by atoms with van der Waals surface area (Å²) >= 11 is 0. The van der Waals surface area contributed by atoms with Gasteiger partial charge in [-0.15, -0.1) is 0 Å². The van der Waals surface area contributed by atoms with Gasteiger partial charge in [0.2, 0.25) is 0 Å². The summed E-state index contributed by atoms with van der Waals surface area (Å²) < 4.78 is 11.1. The number of carbonyl (C=O) groups is 1. The van der Waals surface area contributed by atoms with Gasteiger partial charge in [0.25, 0.3) is 0 Å². The molecule has 2 fully saturated rings. The van der Waals surface area contributed by atoms with Crippen LogP contribution in [0, 0.1) is 5.92 Å². The maximum atomic E-state index is 11.8. The molecular weight excluding hydrogens is 252 g/mol. The molecule has 1 aromatic carbocycles. The third-order valence-corrected chi connectivity index (χ3v) is 4.57. The summed E-state index contributed by atoms with van der Waals surface area (Å²) in [6.45, 7) is 1.40. The number of epoxide rings is 1. The van der Waals surface area contributed by atoms with Crippen molar-refractivity contribution in [1.82, 2.24) is 0 Å². The van der Waals surface area contributed by atoms with E-state index >= 15 is 0 Å². The van der Waals surface area contributed by atoms with Gasteiger partial charge in [0.1, 0.15) is 0 Å². The highest BCUT2D eigenvalue weighted by Crippen LogP contribution is 2.46. The Bertz CT molecular complexity index is 451. The Hall–Kier alpha value is -1.35. The summed E-state index contributed by atoms with van der Waals surface area (Å²) in [6, 6.07) is 10.1. The van der Waals surface area contributed by atoms with Gasteiger partial charge < -0.3 is 9.47 Å². The van der Waals surface area contributed by atoms with Gasteiger partial charge in [-0.3, -0.25) is 4.79 Å². The summed E-state index contributed by atoms with van der Waals surface area (Å²) in [5.74, 6) is 0.326. The summed E-state index contributed by atoms with van der Waals surface area (Å²) in [6.07, 6.45) is 5.97. The highest BCUT2D eigenvalue weighted by Gasteiger charge is 2.52. The topological polar surface area (TPSA) is 38.8 Å². The first-order chi connectivity index (χ1) is 9.78. The van der Waals surface area contributed by atoms with Crippen LogP contribution in [0.25, 0.3) is 0 Å². The summed E-state index contributed by atoms with van der Waals surface area (Å²) in [5, 5.41) is 0. The molecule has 2 aliphatic rings. The smallest absolute Gasteiger partial charge is 0.306 e. The first-order valence-electron chi connectivity index (χ1n) is 7.62. The van der Waals surface area contributed by atoms with E-state index < -0.39 is 0 Å². The van der Waals surface area contributed by atoms with Gasteiger partial charge in [-0.25, -0.2) is 0 Å². The van der Waals surface area contributed by atoms with E-state index in [1.165, 1.54) is 18.4 Å². The molecule has 3 rings (SSSR count). The van der Waals surface area contributed by atoms with Crippen molar-refractivity contribution in [2.75, 3.05) is 13.2 Å². The van der Waals surface area contributed by atoms with Crippen LogP contribution >= 0.6 is 0 Å². The SMILES string of the molecule is O=C(CCc1ccccc1)OCC1CCCCC12CO2. The molecule has 20 heavy (non-hydrogen) atoms. The van der Waals surface area contributed by atoms with Crippen molar-refractivity contribution in [3.8, 4) is 0 Å². The lowest BCUT2D eigenvalue weighted by atomic mass is 9.80. The van der Waals surface area contributed by atoms with E-state index in [9.17, 15) is 4.79 Å². The minimum Gasteiger partial charge on any atom is -0.465 e. The fourth-order valence-electron chi connectivity index (χ4n) is 3.15. The standard InChI is InChI=1S/C17H22O3/c18-16(10-9-14-6-2-1-3-7-14)19-12-15-8-4-5-11-17(15)13-20-17/h1-3,6-7,15H,4-5,8-13H2. The second-order valence-electron chi connectivity index (χ2n) is 5.96. The molecule has 1 saturated carbocycles. The van der Waals surface area contributed by atoms with Gasteiger partial charge in [-0.05, 0) is 24.8 Å². The fraction of sp³-hybridized carbons (Fsp3) is 0.588. The zero-order valence-electron chi connectivity index (χ0n) is 11.8. The average molecular weight is 274 g/mol. The number of ether oxygens (including phenoxy) is 2. The van der Waals surface area contributed by atoms with E-state index in [0.29, 0.717) is 18.9 Å². The second-order valence-corrected chi connectivity index (χ2v) is 5.96. The number of benzene rings is 1. The van der Waals surface area contributed by atoms with Gasteiger partial charge in [0, 0.05) is 12.3 Å². The van der Waals surface area contributed by atoms with Crippen LogP contribution in [0.4, 0.5) is 0 Å². The van der Waals surface area contributed by atoms with Gasteiger partial charge in [-0.1, -0.05) is 43.2 Å². The molecule has 0 N–H and O–H groups in total. The Kier molecular flexibility index (Phi) is 4.06. The maximum Gasteiger partial charge on any atom is 0.306 e. The molecule has 1 saturated heterocycles. The van der Waals surface area contributed by atoms with E-state index in [1.807, 2.05) is 30.3 Å². The van der Waals surface area contributed by atoms with Gasteiger partial charge in [0.15, 0.2) is 0 Å². The van der Waals surface area contributed by atoms with Gasteiger partial charge >= 0.3 is 5.97 Å². The van der Waals surface area contributed by atoms with Gasteiger partial charge in [0.05, 0.1) is 18.8 Å². The van der Waals surface area contributed by atoms with Crippen LogP contribution < -0.4 is 0 Å². The minimum absolute atomic E-state index is 0.0674. The molecule has 0 bridgehead atoms. The summed E-state index contributed by atoms with van der Waals surface area (Å²) in [4.78, 5) is 11.8. The first-order valence-corrected chi connectivity index (χ1v) is 7.62. The molecule has 2 atom stereocenters. The zero-order chi connectivity index (χ0) is 13.8. The number of esters is 1. The second kappa shape index (κ2) is 5.96. The largest absolute Gasteiger partial charge is 0.465 e. The lowest BCUT2D eigenvalue weighted by Crippen LogP contribution is -2.32. The Morgan fingerprint density at radius 1 is 1.30 bits per heavy atom. The molecule has 0 aromatic heterocycles. The fourth-order valence-corrected chi connectivity index (χ4v) is 3.15. The van der Waals surface area contributed by atoms with Crippen molar-refractivity contribution >= 4 is 5.97 Å². The Labute approximate surface area is 120 Å². The third kappa shape index (κ3) is 3.21. The predicted molar refractivity (Wildman–Crippen MR) is 76.4 cm³/mol. The van der Waals surface area contributed by atoms with E-state index in [2.05, 4.69) is 0 Å². The van der Waals surface area contributed by atoms with E-state index in [1.54, 1.807) is 0 Å². The Morgan fingerprint density at radius 3 is 2.85 bits per heavy atom. The van der Waals surface area contributed by atoms with E-state index in [-0.39, 0.29) is 11.6 Å². The van der Waals surface area contributed by atoms with E-state index in [4.69, 9.17) is 9.47 Å². The quantitative estimate of drug-likeness (QED) is 0.611. The predicted octanol–water partition coefficient (Wildman–Crippen LogP) is 3.12. The number of hydrogen-bond acceptors (Lipinski definition) is 3. The monoisotopic (exact) mass is 274 g/mol. The maximum absolute atomic E-state index is 11.8. The van der Waals surface area contributed by atoms with Crippen molar-refractivity contribution in [2.45, 2.75) is 44.1 Å². The number of rotatable bonds is 5. The average Bonchev–Trinajstić information content (AvgIpc) is 3.25. The molecule has 3 nitrogen and oxygen atoms in total. The lowest BCUT2D eigenvalue weighted by molar-refractivity contribution is -0.146. The molecule has 0 amide bonds. The normalized spacial score (nSPS) is 28.3. The Morgan fingerprint density at radius 2 is 2.10 bits per heavy atom. The summed E-state index contributed by atoms with van der Waals surface area (Å²) in [7, 11) is 0. The zero-order valence-corrected chi connectivity index (χ0v) is 11.8. The number of aryl methyl sites for hydroxylation is 1. The molecule has 0 radical (unpaired) electrons. The minimum atomic E-state index is -0.0878. The van der Waals surface area contributed by atoms with Crippen molar-refractivity contribution in [1.29, 1.82) is 0 Å². The first kappa shape index (κ1) is 13.6. The highest BCUT2D eigenvalue weighted by molar-refractivity contribution is 5.69. The summed E-state index contributed by atoms with van der Waals surface area (Å²) in [5.41, 5.74) is 1.25.